The summed E-state index contributed by atoms with van der Waals surface area (Å²) in [5.74, 6) is 0.00503. The van der Waals surface area contributed by atoms with Gasteiger partial charge < -0.3 is 15.5 Å². The van der Waals surface area contributed by atoms with Crippen LogP contribution in [-0.4, -0.2) is 35.5 Å². The fourth-order valence-electron chi connectivity index (χ4n) is 3.52. The molecule has 5 nitrogen and oxygen atoms in total. The molecule has 2 N–H and O–H groups in total. The largest absolute Gasteiger partial charge is 0.350 e. The van der Waals surface area contributed by atoms with Crippen LogP contribution in [0.3, 0.4) is 0 Å². The Morgan fingerprint density at radius 3 is 3.05 bits per heavy atom. The number of carbonyl (C=O) groups is 1. The van der Waals surface area contributed by atoms with Crippen LogP contribution < -0.4 is 10.6 Å². The molecule has 116 valence electrons. The number of nitriles is 1. The number of hydrogen-bond donors (Lipinski definition) is 2. The van der Waals surface area contributed by atoms with Gasteiger partial charge in [0.25, 0.3) is 0 Å². The number of carbonyl (C=O) groups excluding carboxylic acids is 1. The Bertz CT molecular complexity index is 600. The van der Waals surface area contributed by atoms with Crippen molar-refractivity contribution >= 4 is 21.8 Å². The highest BCUT2D eigenvalue weighted by Gasteiger charge is 2.46. The lowest BCUT2D eigenvalue weighted by Gasteiger charge is -2.22. The van der Waals surface area contributed by atoms with Crippen LogP contribution in [0.25, 0.3) is 0 Å². The summed E-state index contributed by atoms with van der Waals surface area (Å²) < 4.78 is 1.04. The zero-order valence-electron chi connectivity index (χ0n) is 12.3. The lowest BCUT2D eigenvalue weighted by atomic mass is 9.95. The number of benzene rings is 1. The first kappa shape index (κ1) is 15.3. The van der Waals surface area contributed by atoms with E-state index in [9.17, 15) is 4.79 Å². The molecule has 2 saturated heterocycles. The van der Waals surface area contributed by atoms with E-state index in [0.29, 0.717) is 19.1 Å². The number of nitrogens with one attached hydrogen (secondary N) is 2. The second kappa shape index (κ2) is 6.67. The van der Waals surface area contributed by atoms with Gasteiger partial charge in [0.15, 0.2) is 6.19 Å². The Kier molecular flexibility index (Phi) is 4.65. The predicted octanol–water partition coefficient (Wildman–Crippen LogP) is 1.74. The molecule has 1 aromatic rings. The van der Waals surface area contributed by atoms with Crippen molar-refractivity contribution in [2.45, 2.75) is 43.9 Å². The minimum Gasteiger partial charge on any atom is -0.350 e. The van der Waals surface area contributed by atoms with Gasteiger partial charge in [0, 0.05) is 17.1 Å². The van der Waals surface area contributed by atoms with Crippen LogP contribution in [0.2, 0.25) is 0 Å². The zero-order chi connectivity index (χ0) is 15.5. The minimum atomic E-state index is 0.00503. The molecule has 2 fully saturated rings. The standard InChI is InChI=1S/C16H19BrN4O/c17-12-3-1-2-11(6-12)8-19-9-16(22)20-14-7-13-4-5-15(14)21(13)10-18/h1-3,6,13-15,19H,4-5,7-9H2,(H,20,22)/t13-,14+,15+/m0/s1. The van der Waals surface area contributed by atoms with Crippen molar-refractivity contribution in [3.8, 4) is 6.19 Å². The molecule has 0 radical (unpaired) electrons. The van der Waals surface area contributed by atoms with Gasteiger partial charge >= 0.3 is 0 Å². The van der Waals surface area contributed by atoms with Crippen LogP contribution in [0.1, 0.15) is 24.8 Å². The maximum Gasteiger partial charge on any atom is 0.234 e. The summed E-state index contributed by atoms with van der Waals surface area (Å²) >= 11 is 3.43. The van der Waals surface area contributed by atoms with Crippen LogP contribution in [0, 0.1) is 11.5 Å². The average Bonchev–Trinajstić information content (AvgIpc) is 3.03. The molecule has 1 aromatic carbocycles. The maximum atomic E-state index is 12.0. The Hall–Kier alpha value is -1.58. The molecular weight excluding hydrogens is 344 g/mol. The van der Waals surface area contributed by atoms with E-state index in [2.05, 4.69) is 32.8 Å². The average molecular weight is 363 g/mol. The smallest absolute Gasteiger partial charge is 0.234 e. The highest BCUT2D eigenvalue weighted by molar-refractivity contribution is 9.10. The van der Waals surface area contributed by atoms with E-state index < -0.39 is 0 Å². The molecule has 2 aliphatic heterocycles. The molecule has 6 heteroatoms. The molecule has 0 spiro atoms. The van der Waals surface area contributed by atoms with Crippen molar-refractivity contribution < 1.29 is 4.79 Å². The Morgan fingerprint density at radius 2 is 2.32 bits per heavy atom. The van der Waals surface area contributed by atoms with Gasteiger partial charge in [0.1, 0.15) is 0 Å². The van der Waals surface area contributed by atoms with Crippen molar-refractivity contribution in [1.29, 1.82) is 5.26 Å². The fourth-order valence-corrected chi connectivity index (χ4v) is 3.97. The van der Waals surface area contributed by atoms with E-state index in [1.807, 2.05) is 29.2 Å². The Morgan fingerprint density at radius 1 is 1.45 bits per heavy atom. The number of fused-ring (bicyclic) bond motifs is 2. The molecule has 3 atom stereocenters. The lowest BCUT2D eigenvalue weighted by molar-refractivity contribution is -0.121. The third-order valence-electron chi connectivity index (χ3n) is 4.50. The van der Waals surface area contributed by atoms with Crippen LogP contribution in [0.5, 0.6) is 0 Å². The maximum absolute atomic E-state index is 12.0. The molecule has 0 aliphatic carbocycles. The lowest BCUT2D eigenvalue weighted by Crippen LogP contribution is -2.46. The zero-order valence-corrected chi connectivity index (χ0v) is 13.8. The molecule has 2 heterocycles. The third kappa shape index (κ3) is 3.26. The Balaban J connectivity index is 1.43. The number of amides is 1. The second-order valence-electron chi connectivity index (χ2n) is 5.95. The van der Waals surface area contributed by atoms with Gasteiger partial charge in [-0.3, -0.25) is 4.79 Å². The first-order chi connectivity index (χ1) is 10.7. The molecule has 2 bridgehead atoms. The van der Waals surface area contributed by atoms with Gasteiger partial charge in [0.2, 0.25) is 5.91 Å². The topological polar surface area (TPSA) is 68.2 Å². The van der Waals surface area contributed by atoms with Crippen molar-refractivity contribution in [2.75, 3.05) is 6.54 Å². The third-order valence-corrected chi connectivity index (χ3v) is 5.00. The summed E-state index contributed by atoms with van der Waals surface area (Å²) in [7, 11) is 0. The van der Waals surface area contributed by atoms with E-state index >= 15 is 0 Å². The second-order valence-corrected chi connectivity index (χ2v) is 6.86. The van der Waals surface area contributed by atoms with Crippen molar-refractivity contribution in [1.82, 2.24) is 15.5 Å². The van der Waals surface area contributed by atoms with Gasteiger partial charge in [-0.15, -0.1) is 0 Å². The van der Waals surface area contributed by atoms with Gasteiger partial charge in [0.05, 0.1) is 18.6 Å². The van der Waals surface area contributed by atoms with Crippen molar-refractivity contribution in [2.24, 2.45) is 0 Å². The highest BCUT2D eigenvalue weighted by Crippen LogP contribution is 2.36. The monoisotopic (exact) mass is 362 g/mol. The van der Waals surface area contributed by atoms with Crippen LogP contribution >= 0.6 is 15.9 Å². The van der Waals surface area contributed by atoms with Gasteiger partial charge in [-0.25, -0.2) is 0 Å². The summed E-state index contributed by atoms with van der Waals surface area (Å²) in [5.41, 5.74) is 1.14. The van der Waals surface area contributed by atoms with Crippen molar-refractivity contribution in [3.05, 3.63) is 34.3 Å². The summed E-state index contributed by atoms with van der Waals surface area (Å²) in [6, 6.07) is 8.67. The van der Waals surface area contributed by atoms with E-state index in [4.69, 9.17) is 5.26 Å². The van der Waals surface area contributed by atoms with Crippen molar-refractivity contribution in [3.63, 3.8) is 0 Å². The van der Waals surface area contributed by atoms with E-state index in [1.165, 1.54) is 0 Å². The number of rotatable bonds is 5. The van der Waals surface area contributed by atoms with E-state index in [-0.39, 0.29) is 18.0 Å². The molecule has 2 aliphatic rings. The highest BCUT2D eigenvalue weighted by atomic mass is 79.9. The normalized spacial score (nSPS) is 26.0. The van der Waals surface area contributed by atoms with E-state index in [0.717, 1.165) is 29.3 Å². The van der Waals surface area contributed by atoms with Gasteiger partial charge in [-0.1, -0.05) is 28.1 Å². The van der Waals surface area contributed by atoms with Gasteiger partial charge in [-0.2, -0.15) is 5.26 Å². The summed E-state index contributed by atoms with van der Waals surface area (Å²) in [6.45, 7) is 0.959. The predicted molar refractivity (Wildman–Crippen MR) is 86.7 cm³/mol. The molecule has 3 rings (SSSR count). The Labute approximate surface area is 138 Å². The molecule has 0 unspecified atom stereocenters. The summed E-state index contributed by atoms with van der Waals surface area (Å²) in [5, 5.41) is 15.4. The fraction of sp³-hybridized carbons (Fsp3) is 0.500. The minimum absolute atomic E-state index is 0.00503. The van der Waals surface area contributed by atoms with Crippen LogP contribution in [-0.2, 0) is 11.3 Å². The SMILES string of the molecule is N#CN1[C@H]2CC[C@@H]1[C@H](NC(=O)CNCc1cccc(Br)c1)C2. The van der Waals surface area contributed by atoms with Crippen LogP contribution in [0.15, 0.2) is 28.7 Å². The van der Waals surface area contributed by atoms with Crippen LogP contribution in [0.4, 0.5) is 0 Å². The van der Waals surface area contributed by atoms with E-state index in [1.54, 1.807) is 0 Å². The quantitative estimate of drug-likeness (QED) is 0.782. The first-order valence-corrected chi connectivity index (χ1v) is 8.39. The number of nitrogens with zero attached hydrogens (tertiary/aromatic N) is 2. The van der Waals surface area contributed by atoms with Gasteiger partial charge in [-0.05, 0) is 37.0 Å². The number of halogens is 1. The first-order valence-electron chi connectivity index (χ1n) is 7.60. The molecule has 22 heavy (non-hydrogen) atoms. The molecule has 0 saturated carbocycles. The molecule has 1 amide bonds. The summed E-state index contributed by atoms with van der Waals surface area (Å²) in [6.07, 6.45) is 5.24. The number of hydrogen-bond acceptors (Lipinski definition) is 4. The molecule has 0 aromatic heterocycles. The molecular formula is C16H19BrN4O. The summed E-state index contributed by atoms with van der Waals surface area (Å²) in [4.78, 5) is 13.9.